The molecule has 3 rings (SSSR count). The zero-order chi connectivity index (χ0) is 15.5. The van der Waals surface area contributed by atoms with E-state index < -0.39 is 5.97 Å². The first-order valence-corrected chi connectivity index (χ1v) is 8.22. The summed E-state index contributed by atoms with van der Waals surface area (Å²) in [6.07, 6.45) is 6.37. The number of aliphatic carboxylic acids is 1. The smallest absolute Gasteiger partial charge is 0.306 e. The number of nitrogens with one attached hydrogen (secondary N) is 1. The summed E-state index contributed by atoms with van der Waals surface area (Å²) in [6.45, 7) is 3.40. The Morgan fingerprint density at radius 2 is 1.91 bits per heavy atom. The first-order valence-electron chi connectivity index (χ1n) is 8.22. The zero-order valence-corrected chi connectivity index (χ0v) is 13.1. The monoisotopic (exact) mass is 304 g/mol. The fourth-order valence-electron chi connectivity index (χ4n) is 3.42. The predicted octanol–water partition coefficient (Wildman–Crippen LogP) is 2.44. The van der Waals surface area contributed by atoms with E-state index in [0.717, 1.165) is 30.5 Å². The van der Waals surface area contributed by atoms with Crippen LogP contribution >= 0.6 is 0 Å². The van der Waals surface area contributed by atoms with Crippen LogP contribution in [0.1, 0.15) is 44.3 Å². The number of aromatic nitrogens is 2. The molecule has 0 amide bonds. The van der Waals surface area contributed by atoms with Crippen molar-refractivity contribution < 1.29 is 9.90 Å². The van der Waals surface area contributed by atoms with Crippen LogP contribution in [0.3, 0.4) is 0 Å². The van der Waals surface area contributed by atoms with Gasteiger partial charge >= 0.3 is 5.97 Å². The topological polar surface area (TPSA) is 78.4 Å². The third-order valence-corrected chi connectivity index (χ3v) is 4.70. The van der Waals surface area contributed by atoms with Gasteiger partial charge in [0.1, 0.15) is 17.5 Å². The van der Waals surface area contributed by atoms with E-state index in [1.807, 2.05) is 13.0 Å². The number of rotatable bonds is 4. The Kier molecular flexibility index (Phi) is 4.45. The van der Waals surface area contributed by atoms with Gasteiger partial charge in [0.2, 0.25) is 0 Å². The lowest BCUT2D eigenvalue weighted by Crippen LogP contribution is -2.37. The highest BCUT2D eigenvalue weighted by molar-refractivity contribution is 5.70. The maximum Gasteiger partial charge on any atom is 0.306 e. The van der Waals surface area contributed by atoms with Crippen molar-refractivity contribution in [2.24, 2.45) is 5.92 Å². The predicted molar refractivity (Wildman–Crippen MR) is 85.2 cm³/mol. The fraction of sp³-hybridized carbons (Fsp3) is 0.688. The number of hydrogen-bond acceptors (Lipinski definition) is 5. The maximum absolute atomic E-state index is 11.0. The van der Waals surface area contributed by atoms with E-state index in [9.17, 15) is 4.79 Å². The van der Waals surface area contributed by atoms with Crippen molar-refractivity contribution in [2.75, 3.05) is 23.3 Å². The highest BCUT2D eigenvalue weighted by Gasteiger charge is 2.25. The van der Waals surface area contributed by atoms with Crippen LogP contribution in [0.2, 0.25) is 0 Å². The second-order valence-electron chi connectivity index (χ2n) is 6.38. The van der Waals surface area contributed by atoms with Crippen molar-refractivity contribution in [3.8, 4) is 0 Å². The van der Waals surface area contributed by atoms with Gasteiger partial charge in [-0.15, -0.1) is 0 Å². The zero-order valence-electron chi connectivity index (χ0n) is 13.1. The van der Waals surface area contributed by atoms with Gasteiger partial charge in [-0.25, -0.2) is 9.97 Å². The first-order chi connectivity index (χ1) is 10.6. The van der Waals surface area contributed by atoms with Crippen molar-refractivity contribution in [1.82, 2.24) is 9.97 Å². The number of carboxylic acids is 1. The first kappa shape index (κ1) is 15.1. The van der Waals surface area contributed by atoms with Gasteiger partial charge in [0.15, 0.2) is 0 Å². The van der Waals surface area contributed by atoms with Crippen LogP contribution in [0.5, 0.6) is 0 Å². The van der Waals surface area contributed by atoms with Crippen molar-refractivity contribution in [3.05, 3.63) is 11.9 Å². The normalized spacial score (nSPS) is 20.3. The Bertz CT molecular complexity index is 535. The Hall–Kier alpha value is -1.85. The van der Waals surface area contributed by atoms with E-state index in [4.69, 9.17) is 5.11 Å². The van der Waals surface area contributed by atoms with E-state index in [0.29, 0.717) is 18.9 Å². The molecule has 1 aliphatic carbocycles. The van der Waals surface area contributed by atoms with Gasteiger partial charge in [0.05, 0.1) is 5.92 Å². The standard InChI is InChI=1S/C16H24N4O2/c1-11-17-14(19-13-4-2-3-5-13)10-15(18-11)20-8-6-12(7-9-20)16(21)22/h10,12-13H,2-9H2,1H3,(H,21,22)(H,17,18,19). The number of nitrogens with zero attached hydrogens (tertiary/aromatic N) is 3. The molecule has 0 bridgehead atoms. The molecule has 2 aliphatic rings. The van der Waals surface area contributed by atoms with Gasteiger partial charge in [-0.2, -0.15) is 0 Å². The molecule has 0 unspecified atom stereocenters. The lowest BCUT2D eigenvalue weighted by atomic mass is 9.97. The molecule has 1 aliphatic heterocycles. The third kappa shape index (κ3) is 3.48. The van der Waals surface area contributed by atoms with Gasteiger partial charge < -0.3 is 15.3 Å². The second kappa shape index (κ2) is 6.50. The van der Waals surface area contributed by atoms with Crippen molar-refractivity contribution in [3.63, 3.8) is 0 Å². The average molecular weight is 304 g/mol. The van der Waals surface area contributed by atoms with Crippen LogP contribution < -0.4 is 10.2 Å². The second-order valence-corrected chi connectivity index (χ2v) is 6.38. The summed E-state index contributed by atoms with van der Waals surface area (Å²) in [5.74, 6) is 1.68. The van der Waals surface area contributed by atoms with Crippen LogP contribution in [0.25, 0.3) is 0 Å². The SMILES string of the molecule is Cc1nc(NC2CCCC2)cc(N2CCC(C(=O)O)CC2)n1. The molecule has 0 aromatic carbocycles. The molecular formula is C16H24N4O2. The molecule has 6 heteroatoms. The Balaban J connectivity index is 1.68. The number of carboxylic acid groups (broad SMARTS) is 1. The Morgan fingerprint density at radius 1 is 1.23 bits per heavy atom. The number of anilines is 2. The van der Waals surface area contributed by atoms with Crippen LogP contribution in [0, 0.1) is 12.8 Å². The average Bonchev–Trinajstić information content (AvgIpc) is 2.99. The molecule has 6 nitrogen and oxygen atoms in total. The van der Waals surface area contributed by atoms with E-state index >= 15 is 0 Å². The highest BCUT2D eigenvalue weighted by atomic mass is 16.4. The van der Waals surface area contributed by atoms with Gasteiger partial charge in [0, 0.05) is 25.2 Å². The van der Waals surface area contributed by atoms with Gasteiger partial charge in [-0.1, -0.05) is 12.8 Å². The number of piperidine rings is 1. The van der Waals surface area contributed by atoms with Crippen molar-refractivity contribution in [2.45, 2.75) is 51.5 Å². The number of hydrogen-bond donors (Lipinski definition) is 2. The fourth-order valence-corrected chi connectivity index (χ4v) is 3.42. The summed E-state index contributed by atoms with van der Waals surface area (Å²) in [6, 6.07) is 2.53. The summed E-state index contributed by atoms with van der Waals surface area (Å²) in [4.78, 5) is 22.2. The minimum Gasteiger partial charge on any atom is -0.481 e. The van der Waals surface area contributed by atoms with Crippen LogP contribution in [-0.2, 0) is 4.79 Å². The van der Waals surface area contributed by atoms with E-state index in [2.05, 4.69) is 20.2 Å². The molecule has 1 saturated heterocycles. The Morgan fingerprint density at radius 3 is 2.55 bits per heavy atom. The molecular weight excluding hydrogens is 280 g/mol. The van der Waals surface area contributed by atoms with Crippen molar-refractivity contribution >= 4 is 17.6 Å². The van der Waals surface area contributed by atoms with Crippen LogP contribution in [0.4, 0.5) is 11.6 Å². The summed E-state index contributed by atoms with van der Waals surface area (Å²) in [7, 11) is 0. The molecule has 120 valence electrons. The largest absolute Gasteiger partial charge is 0.481 e. The van der Waals surface area contributed by atoms with E-state index in [1.54, 1.807) is 0 Å². The lowest BCUT2D eigenvalue weighted by molar-refractivity contribution is -0.142. The molecule has 0 atom stereocenters. The van der Waals surface area contributed by atoms with Crippen molar-refractivity contribution in [1.29, 1.82) is 0 Å². The minimum absolute atomic E-state index is 0.213. The Labute approximate surface area is 131 Å². The molecule has 0 spiro atoms. The highest BCUT2D eigenvalue weighted by Crippen LogP contribution is 2.26. The third-order valence-electron chi connectivity index (χ3n) is 4.70. The lowest BCUT2D eigenvalue weighted by Gasteiger charge is -2.31. The number of carbonyl (C=O) groups is 1. The molecule has 1 aromatic rings. The molecule has 1 aromatic heterocycles. The van der Waals surface area contributed by atoms with Gasteiger partial charge in [-0.3, -0.25) is 4.79 Å². The summed E-state index contributed by atoms with van der Waals surface area (Å²) in [5.41, 5.74) is 0. The molecule has 2 N–H and O–H groups in total. The minimum atomic E-state index is -0.679. The summed E-state index contributed by atoms with van der Waals surface area (Å²) in [5, 5.41) is 12.6. The molecule has 2 heterocycles. The molecule has 1 saturated carbocycles. The van der Waals surface area contributed by atoms with Gasteiger partial charge in [0.25, 0.3) is 0 Å². The van der Waals surface area contributed by atoms with E-state index in [-0.39, 0.29) is 5.92 Å². The molecule has 2 fully saturated rings. The quantitative estimate of drug-likeness (QED) is 0.889. The summed E-state index contributed by atoms with van der Waals surface area (Å²) < 4.78 is 0. The van der Waals surface area contributed by atoms with Crippen LogP contribution in [0.15, 0.2) is 6.07 Å². The summed E-state index contributed by atoms with van der Waals surface area (Å²) >= 11 is 0. The molecule has 22 heavy (non-hydrogen) atoms. The van der Waals surface area contributed by atoms with Crippen LogP contribution in [-0.4, -0.2) is 40.2 Å². The molecule has 0 radical (unpaired) electrons. The van der Waals surface area contributed by atoms with E-state index in [1.165, 1.54) is 25.7 Å². The maximum atomic E-state index is 11.0. The van der Waals surface area contributed by atoms with Gasteiger partial charge in [-0.05, 0) is 32.6 Å². The number of aryl methyl sites for hydroxylation is 1.